The molecule has 108 valence electrons. The summed E-state index contributed by atoms with van der Waals surface area (Å²) in [4.78, 5) is 11.0. The predicted molar refractivity (Wildman–Crippen MR) is 81.7 cm³/mol. The topological polar surface area (TPSA) is 67.1 Å². The van der Waals surface area contributed by atoms with Crippen molar-refractivity contribution in [3.8, 4) is 0 Å². The molecule has 1 aromatic heterocycles. The smallest absolute Gasteiger partial charge is 0.134 e. The highest BCUT2D eigenvalue weighted by atomic mass is 15.2. The quantitative estimate of drug-likeness (QED) is 0.873. The first-order valence-electron chi connectivity index (χ1n) is 6.61. The van der Waals surface area contributed by atoms with Gasteiger partial charge in [-0.2, -0.15) is 0 Å². The van der Waals surface area contributed by atoms with E-state index in [1.807, 2.05) is 33.9 Å². The molecule has 0 saturated carbocycles. The molecule has 0 aromatic carbocycles. The van der Waals surface area contributed by atoms with E-state index in [0.717, 1.165) is 17.5 Å². The molecule has 1 rings (SSSR count). The molecule has 0 aliphatic rings. The lowest BCUT2D eigenvalue weighted by atomic mass is 10.1. The lowest BCUT2D eigenvalue weighted by Gasteiger charge is -2.33. The minimum Gasteiger partial charge on any atom is -0.368 e. The summed E-state index contributed by atoms with van der Waals surface area (Å²) in [7, 11) is 2.04. The molecule has 0 fully saturated rings. The number of nitrogens with zero attached hydrogens (tertiary/aromatic N) is 3. The van der Waals surface area contributed by atoms with Crippen LogP contribution in [0.2, 0.25) is 0 Å². The van der Waals surface area contributed by atoms with Crippen molar-refractivity contribution in [1.82, 2.24) is 9.97 Å². The van der Waals surface area contributed by atoms with E-state index in [9.17, 15) is 0 Å². The molecule has 0 aliphatic heterocycles. The molecule has 1 heterocycles. The van der Waals surface area contributed by atoms with Crippen LogP contribution in [0.1, 0.15) is 40.4 Å². The molecule has 0 unspecified atom stereocenters. The van der Waals surface area contributed by atoms with Gasteiger partial charge < -0.3 is 16.0 Å². The van der Waals surface area contributed by atoms with Crippen LogP contribution in [-0.4, -0.2) is 34.6 Å². The Bertz CT molecular complexity index is 428. The van der Waals surface area contributed by atoms with E-state index in [1.165, 1.54) is 0 Å². The summed E-state index contributed by atoms with van der Waals surface area (Å²) in [6.07, 6.45) is 0. The largest absolute Gasteiger partial charge is 0.368 e. The third-order valence-corrected chi connectivity index (χ3v) is 2.90. The van der Waals surface area contributed by atoms with Crippen LogP contribution >= 0.6 is 0 Å². The molecule has 0 atom stereocenters. The van der Waals surface area contributed by atoms with Crippen LogP contribution in [0.3, 0.4) is 0 Å². The van der Waals surface area contributed by atoms with Crippen LogP contribution in [0.25, 0.3) is 0 Å². The average molecular weight is 265 g/mol. The summed E-state index contributed by atoms with van der Waals surface area (Å²) >= 11 is 0. The number of hydrogen-bond acceptors (Lipinski definition) is 5. The number of nitrogens with one attached hydrogen (secondary N) is 1. The van der Waals surface area contributed by atoms with Gasteiger partial charge in [-0.25, -0.2) is 9.97 Å². The maximum atomic E-state index is 5.97. The van der Waals surface area contributed by atoms with Crippen molar-refractivity contribution in [3.63, 3.8) is 0 Å². The second-order valence-corrected chi connectivity index (χ2v) is 6.73. The Balaban J connectivity index is 2.95. The van der Waals surface area contributed by atoms with E-state index in [2.05, 4.69) is 41.0 Å². The zero-order valence-corrected chi connectivity index (χ0v) is 13.2. The molecule has 1 aromatic rings. The zero-order chi connectivity index (χ0) is 14.8. The fourth-order valence-corrected chi connectivity index (χ4v) is 1.48. The normalized spacial score (nSPS) is 12.4. The number of aryl methyl sites for hydroxylation is 1. The lowest BCUT2D eigenvalue weighted by molar-refractivity contribution is 0.532. The predicted octanol–water partition coefficient (Wildman–Crippen LogP) is 2.17. The van der Waals surface area contributed by atoms with Crippen molar-refractivity contribution >= 4 is 11.6 Å². The summed E-state index contributed by atoms with van der Waals surface area (Å²) in [6.45, 7) is 13.0. The van der Waals surface area contributed by atoms with Crippen molar-refractivity contribution in [2.45, 2.75) is 52.6 Å². The van der Waals surface area contributed by atoms with Gasteiger partial charge in [0.1, 0.15) is 17.5 Å². The van der Waals surface area contributed by atoms with E-state index in [-0.39, 0.29) is 11.1 Å². The number of hydrogen-bond donors (Lipinski definition) is 2. The molecular weight excluding hydrogens is 238 g/mol. The van der Waals surface area contributed by atoms with Gasteiger partial charge in [-0.05, 0) is 41.5 Å². The highest BCUT2D eigenvalue weighted by Crippen LogP contribution is 2.22. The van der Waals surface area contributed by atoms with Crippen LogP contribution in [0.15, 0.2) is 6.07 Å². The maximum Gasteiger partial charge on any atom is 0.134 e. The van der Waals surface area contributed by atoms with Crippen molar-refractivity contribution in [1.29, 1.82) is 0 Å². The molecule has 5 heteroatoms. The molecule has 0 spiro atoms. The van der Waals surface area contributed by atoms with Crippen molar-refractivity contribution in [2.24, 2.45) is 5.73 Å². The van der Waals surface area contributed by atoms with Gasteiger partial charge in [0.15, 0.2) is 0 Å². The fourth-order valence-electron chi connectivity index (χ4n) is 1.48. The van der Waals surface area contributed by atoms with Gasteiger partial charge in [0, 0.05) is 30.7 Å². The molecule has 19 heavy (non-hydrogen) atoms. The Hall–Kier alpha value is -1.36. The van der Waals surface area contributed by atoms with E-state index in [1.54, 1.807) is 0 Å². The maximum absolute atomic E-state index is 5.97. The van der Waals surface area contributed by atoms with E-state index in [0.29, 0.717) is 6.54 Å². The van der Waals surface area contributed by atoms with Crippen molar-refractivity contribution < 1.29 is 0 Å². The Morgan fingerprint density at radius 3 is 2.26 bits per heavy atom. The van der Waals surface area contributed by atoms with Crippen LogP contribution in [-0.2, 0) is 0 Å². The summed E-state index contributed by atoms with van der Waals surface area (Å²) < 4.78 is 0. The van der Waals surface area contributed by atoms with Crippen LogP contribution in [0, 0.1) is 6.92 Å². The first-order chi connectivity index (χ1) is 8.49. The molecule has 5 nitrogen and oxygen atoms in total. The number of aromatic nitrogens is 2. The molecule has 0 radical (unpaired) electrons. The van der Waals surface area contributed by atoms with Gasteiger partial charge in [0.25, 0.3) is 0 Å². The van der Waals surface area contributed by atoms with Crippen LogP contribution in [0.5, 0.6) is 0 Å². The molecule has 0 saturated heterocycles. The van der Waals surface area contributed by atoms with Gasteiger partial charge in [-0.1, -0.05) is 0 Å². The molecule has 3 N–H and O–H groups in total. The minimum absolute atomic E-state index is 0.0190. The van der Waals surface area contributed by atoms with Gasteiger partial charge in [0.05, 0.1) is 0 Å². The summed E-state index contributed by atoms with van der Waals surface area (Å²) in [5, 5.41) is 3.27. The summed E-state index contributed by atoms with van der Waals surface area (Å²) in [5.41, 5.74) is 5.72. The highest BCUT2D eigenvalue weighted by Gasteiger charge is 2.20. The van der Waals surface area contributed by atoms with Crippen LogP contribution < -0.4 is 16.0 Å². The SMILES string of the molecule is Cc1nc(NCC(C)(C)N)cc(N(C)C(C)(C)C)n1. The van der Waals surface area contributed by atoms with Gasteiger partial charge in [0.2, 0.25) is 0 Å². The van der Waals surface area contributed by atoms with Crippen molar-refractivity contribution in [2.75, 3.05) is 23.8 Å². The Labute approximate surface area is 116 Å². The van der Waals surface area contributed by atoms with E-state index >= 15 is 0 Å². The Morgan fingerprint density at radius 1 is 1.21 bits per heavy atom. The first-order valence-corrected chi connectivity index (χ1v) is 6.61. The highest BCUT2D eigenvalue weighted by molar-refractivity contribution is 5.50. The Morgan fingerprint density at radius 2 is 1.79 bits per heavy atom. The third-order valence-electron chi connectivity index (χ3n) is 2.90. The van der Waals surface area contributed by atoms with Crippen molar-refractivity contribution in [3.05, 3.63) is 11.9 Å². The number of nitrogens with two attached hydrogens (primary N) is 1. The molecule has 0 amide bonds. The van der Waals surface area contributed by atoms with Crippen LogP contribution in [0.4, 0.5) is 11.6 Å². The monoisotopic (exact) mass is 265 g/mol. The average Bonchev–Trinajstić information content (AvgIpc) is 2.22. The van der Waals surface area contributed by atoms with E-state index < -0.39 is 0 Å². The third kappa shape index (κ3) is 5.03. The summed E-state index contributed by atoms with van der Waals surface area (Å²) in [6, 6.07) is 1.96. The molecule has 0 aliphatic carbocycles. The van der Waals surface area contributed by atoms with E-state index in [4.69, 9.17) is 5.73 Å². The standard InChI is InChI=1S/C14H27N5/c1-10-17-11(16-9-14(5,6)15)8-12(18-10)19(7)13(2,3)4/h8H,9,15H2,1-7H3,(H,16,17,18). The number of rotatable bonds is 4. The lowest BCUT2D eigenvalue weighted by Crippen LogP contribution is -2.40. The second-order valence-electron chi connectivity index (χ2n) is 6.73. The second kappa shape index (κ2) is 5.33. The zero-order valence-electron chi connectivity index (χ0n) is 13.2. The van der Waals surface area contributed by atoms with Gasteiger partial charge >= 0.3 is 0 Å². The van der Waals surface area contributed by atoms with Gasteiger partial charge in [-0.3, -0.25) is 0 Å². The fraction of sp³-hybridized carbons (Fsp3) is 0.714. The first kappa shape index (κ1) is 15.7. The Kier molecular flexibility index (Phi) is 4.40. The minimum atomic E-state index is -0.269. The summed E-state index contributed by atoms with van der Waals surface area (Å²) in [5.74, 6) is 2.49. The number of anilines is 2. The molecule has 0 bridgehead atoms. The van der Waals surface area contributed by atoms with Gasteiger partial charge in [-0.15, -0.1) is 0 Å². The molecular formula is C14H27N5.